The summed E-state index contributed by atoms with van der Waals surface area (Å²) in [4.78, 5) is 23.9. The molecule has 7 heteroatoms. The Labute approximate surface area is 113 Å². The number of nitrogens with one attached hydrogen (secondary N) is 1. The van der Waals surface area contributed by atoms with Crippen molar-refractivity contribution >= 4 is 17.5 Å². The van der Waals surface area contributed by atoms with E-state index in [0.29, 0.717) is 24.7 Å². The number of hydrogen-bond donors (Lipinski definition) is 2. The Morgan fingerprint density at radius 3 is 2.53 bits per heavy atom. The standard InChI is InChI=1S/C12H22N6O/c1-5-18(6-2)10(19)7-17(4)12-9(3)11(16-13)14-8-15-12/h8H,5-7,13H2,1-4H3,(H,14,15,16). The molecule has 3 N–H and O–H groups in total. The van der Waals surface area contributed by atoms with Crippen LogP contribution in [0.15, 0.2) is 6.33 Å². The molecule has 19 heavy (non-hydrogen) atoms. The average Bonchev–Trinajstić information content (AvgIpc) is 2.40. The number of nitrogen functional groups attached to an aromatic ring is 1. The average molecular weight is 266 g/mol. The van der Waals surface area contributed by atoms with E-state index in [0.717, 1.165) is 5.56 Å². The van der Waals surface area contributed by atoms with E-state index in [9.17, 15) is 4.79 Å². The van der Waals surface area contributed by atoms with Gasteiger partial charge in [0.25, 0.3) is 0 Å². The molecule has 0 atom stereocenters. The summed E-state index contributed by atoms with van der Waals surface area (Å²) < 4.78 is 0. The molecule has 0 fully saturated rings. The second-order valence-electron chi connectivity index (χ2n) is 4.24. The summed E-state index contributed by atoms with van der Waals surface area (Å²) in [5.74, 6) is 6.71. The van der Waals surface area contributed by atoms with Gasteiger partial charge in [0.2, 0.25) is 5.91 Å². The van der Waals surface area contributed by atoms with E-state index in [-0.39, 0.29) is 12.5 Å². The largest absolute Gasteiger partial charge is 0.350 e. The number of nitrogens with two attached hydrogens (primary N) is 1. The minimum atomic E-state index is 0.0766. The highest BCUT2D eigenvalue weighted by Gasteiger charge is 2.16. The highest BCUT2D eigenvalue weighted by Crippen LogP contribution is 2.20. The van der Waals surface area contributed by atoms with E-state index >= 15 is 0 Å². The number of hydrazine groups is 1. The van der Waals surface area contributed by atoms with Crippen molar-refractivity contribution in [2.45, 2.75) is 20.8 Å². The van der Waals surface area contributed by atoms with Gasteiger partial charge in [-0.15, -0.1) is 0 Å². The molecule has 1 rings (SSSR count). The summed E-state index contributed by atoms with van der Waals surface area (Å²) in [5, 5.41) is 0. The van der Waals surface area contributed by atoms with Gasteiger partial charge in [0.1, 0.15) is 18.0 Å². The van der Waals surface area contributed by atoms with Gasteiger partial charge in [0.15, 0.2) is 0 Å². The van der Waals surface area contributed by atoms with Crippen molar-refractivity contribution in [1.82, 2.24) is 14.9 Å². The van der Waals surface area contributed by atoms with Gasteiger partial charge in [-0.3, -0.25) is 4.79 Å². The molecular weight excluding hydrogens is 244 g/mol. The molecule has 7 nitrogen and oxygen atoms in total. The number of nitrogens with zero attached hydrogens (tertiary/aromatic N) is 4. The lowest BCUT2D eigenvalue weighted by Crippen LogP contribution is -2.39. The first kappa shape index (κ1) is 15.2. The van der Waals surface area contributed by atoms with Gasteiger partial charge in [-0.05, 0) is 20.8 Å². The SMILES string of the molecule is CCN(CC)C(=O)CN(C)c1ncnc(NN)c1C. The van der Waals surface area contributed by atoms with Crippen LogP contribution in [0.2, 0.25) is 0 Å². The fourth-order valence-corrected chi connectivity index (χ4v) is 1.93. The minimum absolute atomic E-state index is 0.0766. The summed E-state index contributed by atoms with van der Waals surface area (Å²) in [6.07, 6.45) is 1.43. The zero-order valence-electron chi connectivity index (χ0n) is 12.0. The van der Waals surface area contributed by atoms with Gasteiger partial charge in [-0.25, -0.2) is 15.8 Å². The first-order chi connectivity index (χ1) is 9.04. The molecule has 0 bridgehead atoms. The zero-order chi connectivity index (χ0) is 14.4. The van der Waals surface area contributed by atoms with Crippen LogP contribution in [-0.2, 0) is 4.79 Å². The number of likely N-dealkylation sites (N-methyl/N-ethyl adjacent to an activating group) is 2. The number of anilines is 2. The molecule has 0 spiro atoms. The lowest BCUT2D eigenvalue weighted by Gasteiger charge is -2.24. The van der Waals surface area contributed by atoms with E-state index in [2.05, 4.69) is 15.4 Å². The van der Waals surface area contributed by atoms with Crippen LogP contribution in [0.3, 0.4) is 0 Å². The summed E-state index contributed by atoms with van der Waals surface area (Å²) in [5.41, 5.74) is 3.34. The van der Waals surface area contributed by atoms with Crippen molar-refractivity contribution in [3.63, 3.8) is 0 Å². The number of carbonyl (C=O) groups is 1. The number of aromatic nitrogens is 2. The first-order valence-corrected chi connectivity index (χ1v) is 6.32. The molecule has 0 aliphatic heterocycles. The van der Waals surface area contributed by atoms with Gasteiger partial charge >= 0.3 is 0 Å². The van der Waals surface area contributed by atoms with Gasteiger partial charge in [0.05, 0.1) is 6.54 Å². The quantitative estimate of drug-likeness (QED) is 0.571. The van der Waals surface area contributed by atoms with Crippen LogP contribution >= 0.6 is 0 Å². The maximum atomic E-state index is 12.1. The highest BCUT2D eigenvalue weighted by atomic mass is 16.2. The molecule has 0 aliphatic carbocycles. The van der Waals surface area contributed by atoms with Gasteiger partial charge in [-0.1, -0.05) is 0 Å². The Kier molecular flexibility index (Phi) is 5.50. The Morgan fingerprint density at radius 1 is 1.37 bits per heavy atom. The van der Waals surface area contributed by atoms with Crippen molar-refractivity contribution < 1.29 is 4.79 Å². The third-order valence-corrected chi connectivity index (χ3v) is 3.04. The van der Waals surface area contributed by atoms with Crippen molar-refractivity contribution in [3.8, 4) is 0 Å². The van der Waals surface area contributed by atoms with Crippen LogP contribution in [0.4, 0.5) is 11.6 Å². The third-order valence-electron chi connectivity index (χ3n) is 3.04. The Hall–Kier alpha value is -1.89. The van der Waals surface area contributed by atoms with E-state index in [1.807, 2.05) is 27.8 Å². The van der Waals surface area contributed by atoms with Crippen molar-refractivity contribution in [2.75, 3.05) is 37.0 Å². The minimum Gasteiger partial charge on any atom is -0.350 e. The molecule has 0 saturated heterocycles. The maximum absolute atomic E-state index is 12.1. The van der Waals surface area contributed by atoms with E-state index < -0.39 is 0 Å². The second kappa shape index (κ2) is 6.89. The molecule has 0 aromatic carbocycles. The molecule has 1 heterocycles. The zero-order valence-corrected chi connectivity index (χ0v) is 12.0. The molecule has 1 aromatic heterocycles. The highest BCUT2D eigenvalue weighted by molar-refractivity contribution is 5.81. The van der Waals surface area contributed by atoms with Gasteiger partial charge < -0.3 is 15.2 Å². The molecule has 0 radical (unpaired) electrons. The predicted octanol–water partition coefficient (Wildman–Crippen LogP) is 0.375. The first-order valence-electron chi connectivity index (χ1n) is 6.32. The Balaban J connectivity index is 2.84. The summed E-state index contributed by atoms with van der Waals surface area (Å²) in [6, 6.07) is 0. The van der Waals surface area contributed by atoms with Crippen molar-refractivity contribution in [2.24, 2.45) is 5.84 Å². The molecule has 106 valence electrons. The number of amides is 1. The van der Waals surface area contributed by atoms with Crippen LogP contribution < -0.4 is 16.2 Å². The maximum Gasteiger partial charge on any atom is 0.242 e. The van der Waals surface area contributed by atoms with E-state index in [1.165, 1.54) is 6.33 Å². The Bertz CT molecular complexity index is 432. The number of rotatable bonds is 6. The van der Waals surface area contributed by atoms with E-state index in [4.69, 9.17) is 5.84 Å². The van der Waals surface area contributed by atoms with Crippen LogP contribution in [0.25, 0.3) is 0 Å². The number of hydrogen-bond acceptors (Lipinski definition) is 6. The summed E-state index contributed by atoms with van der Waals surface area (Å²) in [6.45, 7) is 7.50. The van der Waals surface area contributed by atoms with Crippen LogP contribution in [0, 0.1) is 6.92 Å². The lowest BCUT2D eigenvalue weighted by molar-refractivity contribution is -0.129. The summed E-state index contributed by atoms with van der Waals surface area (Å²) in [7, 11) is 1.83. The van der Waals surface area contributed by atoms with Crippen LogP contribution in [0.5, 0.6) is 0 Å². The third kappa shape index (κ3) is 3.54. The second-order valence-corrected chi connectivity index (χ2v) is 4.24. The van der Waals surface area contributed by atoms with Gasteiger partial charge in [-0.2, -0.15) is 0 Å². The smallest absolute Gasteiger partial charge is 0.242 e. The van der Waals surface area contributed by atoms with Crippen molar-refractivity contribution in [3.05, 3.63) is 11.9 Å². The molecule has 0 unspecified atom stereocenters. The summed E-state index contributed by atoms with van der Waals surface area (Å²) >= 11 is 0. The normalized spacial score (nSPS) is 10.2. The Morgan fingerprint density at radius 2 is 2.00 bits per heavy atom. The molecule has 1 aromatic rings. The predicted molar refractivity (Wildman–Crippen MR) is 75.8 cm³/mol. The van der Waals surface area contributed by atoms with Gasteiger partial charge in [0, 0.05) is 25.7 Å². The molecule has 0 saturated carbocycles. The topological polar surface area (TPSA) is 87.4 Å². The van der Waals surface area contributed by atoms with Crippen molar-refractivity contribution in [1.29, 1.82) is 0 Å². The molecule has 0 aliphatic rings. The van der Waals surface area contributed by atoms with Crippen LogP contribution in [0.1, 0.15) is 19.4 Å². The van der Waals surface area contributed by atoms with Crippen LogP contribution in [-0.4, -0.2) is 47.5 Å². The number of carbonyl (C=O) groups excluding carboxylic acids is 1. The lowest BCUT2D eigenvalue weighted by atomic mass is 10.3. The monoisotopic (exact) mass is 266 g/mol. The molecular formula is C12H22N6O. The fourth-order valence-electron chi connectivity index (χ4n) is 1.93. The fraction of sp³-hybridized carbons (Fsp3) is 0.583. The van der Waals surface area contributed by atoms with E-state index in [1.54, 1.807) is 9.80 Å². The molecule has 1 amide bonds.